The first-order valence-corrected chi connectivity index (χ1v) is 6.35. The maximum atomic E-state index is 12.6. The molecule has 0 spiro atoms. The predicted molar refractivity (Wildman–Crippen MR) is 71.2 cm³/mol. The number of benzene rings is 1. The van der Waals surface area contributed by atoms with Crippen LogP contribution in [-0.2, 0) is 0 Å². The van der Waals surface area contributed by atoms with Gasteiger partial charge in [-0.25, -0.2) is 0 Å². The standard InChI is InChI=1S/C14H14O7/c1-20-8-2-5(15)3-9-10(8)13(19)11-12(18)6(16)4-7(17)14(11)21-9/h2-3,6-7,12,15-18H,4H2,1H3/t6-,7-,12-/m0/s1. The predicted octanol–water partition coefficient (Wildman–Crippen LogP) is 0.339. The first-order chi connectivity index (χ1) is 9.93. The van der Waals surface area contributed by atoms with Gasteiger partial charge >= 0.3 is 0 Å². The van der Waals surface area contributed by atoms with Crippen molar-refractivity contribution in [1.29, 1.82) is 0 Å². The molecule has 4 N–H and O–H groups in total. The Hall–Kier alpha value is -2.09. The first kappa shape index (κ1) is 13.9. The Morgan fingerprint density at radius 3 is 2.67 bits per heavy atom. The number of hydrogen-bond donors (Lipinski definition) is 4. The zero-order chi connectivity index (χ0) is 15.3. The van der Waals surface area contributed by atoms with Crippen molar-refractivity contribution in [3.63, 3.8) is 0 Å². The van der Waals surface area contributed by atoms with Crippen LogP contribution >= 0.6 is 0 Å². The molecular formula is C14H14O7. The van der Waals surface area contributed by atoms with E-state index in [1.54, 1.807) is 0 Å². The van der Waals surface area contributed by atoms with E-state index in [2.05, 4.69) is 0 Å². The van der Waals surface area contributed by atoms with Gasteiger partial charge in [0.15, 0.2) is 0 Å². The molecule has 112 valence electrons. The molecule has 0 aliphatic heterocycles. The lowest BCUT2D eigenvalue weighted by Crippen LogP contribution is -2.33. The molecule has 21 heavy (non-hydrogen) atoms. The number of fused-ring (bicyclic) bond motifs is 2. The fourth-order valence-corrected chi connectivity index (χ4v) is 2.65. The highest BCUT2D eigenvalue weighted by molar-refractivity contribution is 5.85. The molecule has 1 aromatic carbocycles. The lowest BCUT2D eigenvalue weighted by atomic mass is 9.89. The van der Waals surface area contributed by atoms with E-state index in [0.717, 1.165) is 0 Å². The van der Waals surface area contributed by atoms with Crippen molar-refractivity contribution in [2.45, 2.75) is 24.7 Å². The minimum absolute atomic E-state index is 0.0365. The SMILES string of the molecule is COc1cc(O)cc2oc3c(c(=O)c12)[C@@H](O)[C@@H](O)C[C@@H]3O. The van der Waals surface area contributed by atoms with Crippen molar-refractivity contribution < 1.29 is 29.6 Å². The van der Waals surface area contributed by atoms with Crippen LogP contribution in [0, 0.1) is 0 Å². The van der Waals surface area contributed by atoms with Gasteiger partial charge in [0.2, 0.25) is 5.43 Å². The van der Waals surface area contributed by atoms with Crippen LogP contribution in [0.5, 0.6) is 11.5 Å². The van der Waals surface area contributed by atoms with E-state index in [1.807, 2.05) is 0 Å². The van der Waals surface area contributed by atoms with E-state index < -0.39 is 23.7 Å². The van der Waals surface area contributed by atoms with Crippen LogP contribution in [0.2, 0.25) is 0 Å². The summed E-state index contributed by atoms with van der Waals surface area (Å²) in [7, 11) is 1.33. The third-order valence-electron chi connectivity index (χ3n) is 3.66. The van der Waals surface area contributed by atoms with Crippen LogP contribution in [0.1, 0.15) is 30.0 Å². The molecule has 1 aliphatic rings. The number of hydrogen-bond acceptors (Lipinski definition) is 7. The van der Waals surface area contributed by atoms with Crippen LogP contribution in [0.4, 0.5) is 0 Å². The van der Waals surface area contributed by atoms with Gasteiger partial charge in [-0.05, 0) is 0 Å². The Balaban J connectivity index is 2.43. The number of aliphatic hydroxyl groups is 3. The van der Waals surface area contributed by atoms with Gasteiger partial charge in [0.1, 0.15) is 40.4 Å². The maximum Gasteiger partial charge on any atom is 0.202 e. The smallest absolute Gasteiger partial charge is 0.202 e. The summed E-state index contributed by atoms with van der Waals surface area (Å²) < 4.78 is 10.5. The van der Waals surface area contributed by atoms with E-state index in [4.69, 9.17) is 9.15 Å². The fraction of sp³-hybridized carbons (Fsp3) is 0.357. The van der Waals surface area contributed by atoms with Crippen LogP contribution in [0.3, 0.4) is 0 Å². The Bertz CT molecular complexity index is 764. The zero-order valence-corrected chi connectivity index (χ0v) is 11.1. The average Bonchev–Trinajstić information content (AvgIpc) is 2.43. The number of aromatic hydroxyl groups is 1. The molecule has 1 aliphatic carbocycles. The van der Waals surface area contributed by atoms with E-state index in [1.165, 1.54) is 19.2 Å². The third-order valence-corrected chi connectivity index (χ3v) is 3.66. The molecule has 1 aromatic heterocycles. The Morgan fingerprint density at radius 2 is 2.00 bits per heavy atom. The molecule has 0 fully saturated rings. The van der Waals surface area contributed by atoms with Gasteiger partial charge in [0.25, 0.3) is 0 Å². The van der Waals surface area contributed by atoms with E-state index >= 15 is 0 Å². The summed E-state index contributed by atoms with van der Waals surface area (Å²) in [6, 6.07) is 2.47. The number of ether oxygens (including phenoxy) is 1. The number of phenols is 1. The normalized spacial score (nSPS) is 24.9. The number of methoxy groups -OCH3 is 1. The fourth-order valence-electron chi connectivity index (χ4n) is 2.65. The molecule has 0 bridgehead atoms. The van der Waals surface area contributed by atoms with Crippen molar-refractivity contribution in [3.05, 3.63) is 33.7 Å². The molecule has 0 amide bonds. The minimum atomic E-state index is -1.44. The van der Waals surface area contributed by atoms with Crippen molar-refractivity contribution in [2.24, 2.45) is 0 Å². The molecule has 7 nitrogen and oxygen atoms in total. The largest absolute Gasteiger partial charge is 0.508 e. The molecule has 7 heteroatoms. The van der Waals surface area contributed by atoms with Gasteiger partial charge in [-0.15, -0.1) is 0 Å². The summed E-state index contributed by atoms with van der Waals surface area (Å²) in [5.41, 5.74) is -0.746. The van der Waals surface area contributed by atoms with E-state index in [0.29, 0.717) is 0 Å². The molecular weight excluding hydrogens is 280 g/mol. The van der Waals surface area contributed by atoms with Gasteiger partial charge in [-0.1, -0.05) is 0 Å². The summed E-state index contributed by atoms with van der Waals surface area (Å²) in [6.45, 7) is 0. The highest BCUT2D eigenvalue weighted by Crippen LogP contribution is 2.38. The molecule has 3 atom stereocenters. The molecule has 1 heterocycles. The maximum absolute atomic E-state index is 12.6. The average molecular weight is 294 g/mol. The Labute approximate surface area is 118 Å². The van der Waals surface area contributed by atoms with Crippen molar-refractivity contribution >= 4 is 11.0 Å². The van der Waals surface area contributed by atoms with Gasteiger partial charge in [0.05, 0.1) is 18.8 Å². The molecule has 2 aromatic rings. The second-order valence-electron chi connectivity index (χ2n) is 4.99. The molecule has 0 unspecified atom stereocenters. The number of rotatable bonds is 1. The zero-order valence-electron chi connectivity index (χ0n) is 11.1. The topological polar surface area (TPSA) is 120 Å². The molecule has 0 radical (unpaired) electrons. The van der Waals surface area contributed by atoms with Gasteiger partial charge < -0.3 is 29.6 Å². The monoisotopic (exact) mass is 294 g/mol. The molecule has 0 saturated heterocycles. The van der Waals surface area contributed by atoms with Crippen LogP contribution in [-0.4, -0.2) is 33.6 Å². The second kappa shape index (κ2) is 4.73. The number of phenolic OH excluding ortho intramolecular Hbond substituents is 1. The summed E-state index contributed by atoms with van der Waals surface area (Å²) in [4.78, 5) is 12.6. The van der Waals surface area contributed by atoms with Crippen LogP contribution < -0.4 is 10.2 Å². The van der Waals surface area contributed by atoms with E-state index in [-0.39, 0.29) is 40.2 Å². The van der Waals surface area contributed by atoms with Gasteiger partial charge in [-0.3, -0.25) is 4.79 Å². The minimum Gasteiger partial charge on any atom is -0.508 e. The Kier molecular flexibility index (Phi) is 3.12. The summed E-state index contributed by atoms with van der Waals surface area (Å²) in [6.07, 6.45) is -4.04. The van der Waals surface area contributed by atoms with Crippen molar-refractivity contribution in [1.82, 2.24) is 0 Å². The number of aliphatic hydroxyl groups excluding tert-OH is 3. The van der Waals surface area contributed by atoms with Crippen LogP contribution in [0.25, 0.3) is 11.0 Å². The third kappa shape index (κ3) is 1.98. The lowest BCUT2D eigenvalue weighted by Gasteiger charge is -2.28. The highest BCUT2D eigenvalue weighted by atomic mass is 16.5. The van der Waals surface area contributed by atoms with Crippen molar-refractivity contribution in [2.75, 3.05) is 7.11 Å². The second-order valence-corrected chi connectivity index (χ2v) is 4.99. The summed E-state index contributed by atoms with van der Waals surface area (Å²) in [5, 5.41) is 39.3. The van der Waals surface area contributed by atoms with Crippen molar-refractivity contribution in [3.8, 4) is 11.5 Å². The van der Waals surface area contributed by atoms with Gasteiger partial charge in [-0.2, -0.15) is 0 Å². The van der Waals surface area contributed by atoms with Gasteiger partial charge in [0, 0.05) is 18.6 Å². The molecule has 0 saturated carbocycles. The van der Waals surface area contributed by atoms with Crippen LogP contribution in [0.15, 0.2) is 21.3 Å². The molecule has 3 rings (SSSR count). The van der Waals surface area contributed by atoms with E-state index in [9.17, 15) is 25.2 Å². The first-order valence-electron chi connectivity index (χ1n) is 6.35. The summed E-state index contributed by atoms with van der Waals surface area (Å²) >= 11 is 0. The summed E-state index contributed by atoms with van der Waals surface area (Å²) in [5.74, 6) is -0.172. The quantitative estimate of drug-likeness (QED) is 0.598. The highest BCUT2D eigenvalue weighted by Gasteiger charge is 2.37. The Morgan fingerprint density at radius 1 is 1.29 bits per heavy atom. The lowest BCUT2D eigenvalue weighted by molar-refractivity contribution is -0.0373.